The minimum Gasteiger partial charge on any atom is -0.461 e. The van der Waals surface area contributed by atoms with Gasteiger partial charge in [-0.1, -0.05) is 60.7 Å². The number of hydrogen-bond donors (Lipinski definition) is 2. The molecule has 2 aliphatic rings. The molecule has 4 N–H and O–H groups in total. The van der Waals surface area contributed by atoms with Gasteiger partial charge in [0, 0.05) is 24.9 Å². The number of amides is 4. The molecule has 2 aromatic carbocycles. The van der Waals surface area contributed by atoms with Gasteiger partial charge >= 0.3 is 23.9 Å². The third kappa shape index (κ3) is 12.8. The number of nitrogens with zero attached hydrogens (tertiary/aromatic N) is 4. The second-order valence-corrected chi connectivity index (χ2v) is 13.5. The maximum absolute atomic E-state index is 13.0. The lowest BCUT2D eigenvalue weighted by atomic mass is 10.1. The van der Waals surface area contributed by atoms with Crippen LogP contribution in [0, 0.1) is 0 Å². The summed E-state index contributed by atoms with van der Waals surface area (Å²) in [6, 6.07) is 14.8. The van der Waals surface area contributed by atoms with E-state index >= 15 is 0 Å². The monoisotopic (exact) mass is 780 g/mol. The van der Waals surface area contributed by atoms with Crippen LogP contribution < -0.4 is 11.5 Å². The molecular weight excluding hydrogens is 732 g/mol. The van der Waals surface area contributed by atoms with E-state index in [2.05, 4.69) is 0 Å². The van der Waals surface area contributed by atoms with Crippen LogP contribution >= 0.6 is 0 Å². The van der Waals surface area contributed by atoms with Crippen LogP contribution in [0.2, 0.25) is 0 Å². The summed E-state index contributed by atoms with van der Waals surface area (Å²) in [6.45, 7) is 1.50. The van der Waals surface area contributed by atoms with Crippen LogP contribution in [0.25, 0.3) is 0 Å². The Labute approximate surface area is 323 Å². The fourth-order valence-electron chi connectivity index (χ4n) is 5.77. The minimum atomic E-state index is -1.19. The van der Waals surface area contributed by atoms with Crippen LogP contribution in [0.5, 0.6) is 0 Å². The van der Waals surface area contributed by atoms with E-state index in [0.717, 1.165) is 20.9 Å². The highest BCUT2D eigenvalue weighted by molar-refractivity contribution is 6.00. The normalized spacial score (nSPS) is 17.5. The number of benzene rings is 2. The maximum atomic E-state index is 13.0. The minimum absolute atomic E-state index is 0.0638. The third-order valence-electron chi connectivity index (χ3n) is 9.49. The van der Waals surface area contributed by atoms with Crippen LogP contribution in [-0.2, 0) is 70.5 Å². The molecule has 56 heavy (non-hydrogen) atoms. The van der Waals surface area contributed by atoms with Gasteiger partial charge in [-0.2, -0.15) is 0 Å². The van der Waals surface area contributed by atoms with Gasteiger partial charge in [-0.3, -0.25) is 48.2 Å². The molecule has 0 unspecified atom stereocenters. The van der Waals surface area contributed by atoms with Gasteiger partial charge < -0.3 is 30.4 Å². The average molecular weight is 781 g/mol. The van der Waals surface area contributed by atoms with Crippen molar-refractivity contribution in [1.29, 1.82) is 0 Å². The largest absolute Gasteiger partial charge is 0.461 e. The third-order valence-corrected chi connectivity index (χ3v) is 9.49. The van der Waals surface area contributed by atoms with Crippen LogP contribution in [0.15, 0.2) is 60.7 Å². The zero-order valence-electron chi connectivity index (χ0n) is 31.4. The fourth-order valence-corrected chi connectivity index (χ4v) is 5.77. The smallest absolute Gasteiger partial charge is 0.324 e. The van der Waals surface area contributed by atoms with Gasteiger partial charge in [-0.15, -0.1) is 0 Å². The Balaban J connectivity index is 1.14. The predicted octanol–water partition coefficient (Wildman–Crippen LogP) is -0.192. The van der Waals surface area contributed by atoms with Gasteiger partial charge in [-0.25, -0.2) is 9.80 Å². The van der Waals surface area contributed by atoms with Crippen LogP contribution in [0.1, 0.15) is 50.7 Å². The number of carbonyl (C=O) groups is 8. The average Bonchev–Trinajstić information content (AvgIpc) is 3.19. The number of hydrogen-bond acceptors (Lipinski definition) is 16. The lowest BCUT2D eigenvalue weighted by Gasteiger charge is -2.43. The van der Waals surface area contributed by atoms with Crippen LogP contribution in [0.4, 0.5) is 0 Å². The number of esters is 4. The molecule has 2 aromatic rings. The van der Waals surface area contributed by atoms with Gasteiger partial charge in [0.15, 0.2) is 13.5 Å². The summed E-state index contributed by atoms with van der Waals surface area (Å²) in [4.78, 5) is 106. The second-order valence-electron chi connectivity index (χ2n) is 13.5. The van der Waals surface area contributed by atoms with E-state index in [4.69, 9.17) is 30.4 Å². The number of ether oxygens (including phenoxy) is 4. The maximum Gasteiger partial charge on any atom is 0.324 e. The number of nitrogens with two attached hydrogens (primary N) is 2. The zero-order chi connectivity index (χ0) is 40.8. The molecular formula is C38H48N6O12. The van der Waals surface area contributed by atoms with E-state index in [1.807, 2.05) is 36.4 Å². The molecule has 4 amide bonds. The van der Waals surface area contributed by atoms with Crippen molar-refractivity contribution in [2.24, 2.45) is 11.5 Å². The van der Waals surface area contributed by atoms with Crippen molar-refractivity contribution in [3.63, 3.8) is 0 Å². The first kappa shape index (κ1) is 43.2. The Bertz CT molecular complexity index is 1570. The van der Waals surface area contributed by atoms with Gasteiger partial charge in [0.05, 0.1) is 26.2 Å². The molecule has 2 heterocycles. The first-order chi connectivity index (χ1) is 26.7. The SMILES string of the molecule is C[C@H]([C@H](C)N1CC(=O)N(COC(=O)[C@@H](N)CCC(=O)OCc2ccccc2)C(=O)C1)N1CC(=O)N(COC(=O)[C@@H](N)CCC(=O)OCc2ccccc2)C(=O)C1. The number of imide groups is 2. The van der Waals surface area contributed by atoms with E-state index in [9.17, 15) is 38.4 Å². The standard InChI is InChI=1S/C38H48N6O12/c1-25(41-17-31(45)43(32(46)18-41)23-55-37(51)29(39)13-15-35(49)53-21-27-9-5-3-6-10-27)26(2)42-19-33(47)44(34(48)20-42)24-56-38(52)30(40)14-16-36(50)54-22-28-11-7-4-8-12-28/h3-12,25-26,29-30H,13-24,39-40H2,1-2H3/t25-,26+,29-,30-/m0/s1. The van der Waals surface area contributed by atoms with E-state index in [1.165, 1.54) is 0 Å². The molecule has 302 valence electrons. The molecule has 0 saturated carbocycles. The predicted molar refractivity (Wildman–Crippen MR) is 195 cm³/mol. The highest BCUT2D eigenvalue weighted by Crippen LogP contribution is 2.18. The van der Waals surface area contributed by atoms with E-state index < -0.39 is 85.1 Å². The Morgan fingerprint density at radius 3 is 1.20 bits per heavy atom. The molecule has 2 fully saturated rings. The van der Waals surface area contributed by atoms with Crippen molar-refractivity contribution in [2.45, 2.75) is 76.9 Å². The van der Waals surface area contributed by atoms with E-state index in [0.29, 0.717) is 0 Å². The van der Waals surface area contributed by atoms with Gasteiger partial charge in [0.2, 0.25) is 23.6 Å². The number of rotatable bonds is 19. The number of piperazine rings is 2. The highest BCUT2D eigenvalue weighted by Gasteiger charge is 2.40. The van der Waals surface area contributed by atoms with Crippen LogP contribution in [-0.4, -0.2) is 131 Å². The summed E-state index contributed by atoms with van der Waals surface area (Å²) in [5, 5.41) is 0. The van der Waals surface area contributed by atoms with Crippen molar-refractivity contribution < 1.29 is 57.3 Å². The quantitative estimate of drug-likeness (QED) is 0.107. The Hall–Kier alpha value is -5.56. The topological polar surface area (TPSA) is 238 Å². The van der Waals surface area contributed by atoms with E-state index in [-0.39, 0.29) is 65.1 Å². The Kier molecular flexibility index (Phi) is 16.1. The Morgan fingerprint density at radius 1 is 0.554 bits per heavy atom. The highest BCUT2D eigenvalue weighted by atomic mass is 16.6. The summed E-state index contributed by atoms with van der Waals surface area (Å²) >= 11 is 0. The van der Waals surface area contributed by atoms with Crippen molar-refractivity contribution >= 4 is 47.5 Å². The van der Waals surface area contributed by atoms with Crippen molar-refractivity contribution in [2.75, 3.05) is 39.6 Å². The molecule has 0 aromatic heterocycles. The van der Waals surface area contributed by atoms with Crippen molar-refractivity contribution in [3.05, 3.63) is 71.8 Å². The zero-order valence-corrected chi connectivity index (χ0v) is 31.4. The van der Waals surface area contributed by atoms with Crippen molar-refractivity contribution in [1.82, 2.24) is 19.6 Å². The molecule has 18 nitrogen and oxygen atoms in total. The summed E-state index contributed by atoms with van der Waals surface area (Å²) in [5.74, 6) is -5.42. The first-order valence-corrected chi connectivity index (χ1v) is 18.1. The number of carbonyl (C=O) groups excluding carboxylic acids is 8. The van der Waals surface area contributed by atoms with Crippen LogP contribution in [0.3, 0.4) is 0 Å². The van der Waals surface area contributed by atoms with Gasteiger partial charge in [0.1, 0.15) is 25.3 Å². The van der Waals surface area contributed by atoms with Gasteiger partial charge in [-0.05, 0) is 37.8 Å². The first-order valence-electron chi connectivity index (χ1n) is 18.1. The molecule has 18 heteroatoms. The molecule has 2 aliphatic heterocycles. The lowest BCUT2D eigenvalue weighted by molar-refractivity contribution is -0.169. The second kappa shape index (κ2) is 20.9. The summed E-state index contributed by atoms with van der Waals surface area (Å²) < 4.78 is 20.6. The summed E-state index contributed by atoms with van der Waals surface area (Å²) in [5.41, 5.74) is 13.3. The molecule has 0 bridgehead atoms. The lowest BCUT2D eigenvalue weighted by Crippen LogP contribution is -2.63. The molecule has 4 atom stereocenters. The van der Waals surface area contributed by atoms with Gasteiger partial charge in [0.25, 0.3) is 0 Å². The Morgan fingerprint density at radius 2 is 0.875 bits per heavy atom. The molecule has 0 aliphatic carbocycles. The van der Waals surface area contributed by atoms with E-state index in [1.54, 1.807) is 47.9 Å². The van der Waals surface area contributed by atoms with Crippen molar-refractivity contribution in [3.8, 4) is 0 Å². The molecule has 4 rings (SSSR count). The fraction of sp³-hybridized carbons (Fsp3) is 0.474. The molecule has 0 spiro atoms. The molecule has 2 saturated heterocycles. The summed E-state index contributed by atoms with van der Waals surface area (Å²) in [6.07, 6.45) is -0.403. The molecule has 0 radical (unpaired) electrons. The summed E-state index contributed by atoms with van der Waals surface area (Å²) in [7, 11) is 0.